The number of hydrogen-bond donors (Lipinski definition) is 1. The predicted molar refractivity (Wildman–Crippen MR) is 63.6 cm³/mol. The molecule has 1 N–H and O–H groups in total. The monoisotopic (exact) mass is 270 g/mol. The van der Waals surface area contributed by atoms with E-state index in [0.29, 0.717) is 16.7 Å². The molecule has 5 heteroatoms. The first-order valence-corrected chi connectivity index (χ1v) is 5.66. The predicted octanol–water partition coefficient (Wildman–Crippen LogP) is 3.86. The van der Waals surface area contributed by atoms with Gasteiger partial charge in [-0.25, -0.2) is 0 Å². The van der Waals surface area contributed by atoms with Crippen LogP contribution in [0.5, 0.6) is 0 Å². The second-order valence-corrected chi connectivity index (χ2v) is 4.61. The highest BCUT2D eigenvalue weighted by atomic mass is 19.4. The SMILES string of the molecule is Cc1cc(C(F)(F)F)ccc1C(C)(O)c1ccoc1. The molecule has 102 valence electrons. The summed E-state index contributed by atoms with van der Waals surface area (Å²) in [6.45, 7) is 3.06. The Hall–Kier alpha value is -1.75. The first kappa shape index (κ1) is 13.7. The number of benzene rings is 1. The van der Waals surface area contributed by atoms with Crippen LogP contribution in [-0.4, -0.2) is 5.11 Å². The fourth-order valence-electron chi connectivity index (χ4n) is 2.08. The molecule has 1 aromatic carbocycles. The van der Waals surface area contributed by atoms with E-state index in [1.54, 1.807) is 13.0 Å². The Bertz CT molecular complexity index is 569. The van der Waals surface area contributed by atoms with Crippen LogP contribution in [0, 0.1) is 6.92 Å². The maximum absolute atomic E-state index is 12.6. The van der Waals surface area contributed by atoms with Gasteiger partial charge in [-0.3, -0.25) is 0 Å². The second kappa shape index (κ2) is 4.42. The van der Waals surface area contributed by atoms with Gasteiger partial charge in [-0.05, 0) is 43.2 Å². The van der Waals surface area contributed by atoms with Gasteiger partial charge >= 0.3 is 6.18 Å². The first-order valence-electron chi connectivity index (χ1n) is 5.66. The third-order valence-corrected chi connectivity index (χ3v) is 3.16. The summed E-state index contributed by atoms with van der Waals surface area (Å²) in [6, 6.07) is 4.88. The Morgan fingerprint density at radius 2 is 1.79 bits per heavy atom. The van der Waals surface area contributed by atoms with Gasteiger partial charge in [0.2, 0.25) is 0 Å². The van der Waals surface area contributed by atoms with E-state index in [0.717, 1.165) is 12.1 Å². The number of alkyl halides is 3. The number of aryl methyl sites for hydroxylation is 1. The van der Waals surface area contributed by atoms with E-state index in [-0.39, 0.29) is 0 Å². The van der Waals surface area contributed by atoms with Crippen LogP contribution < -0.4 is 0 Å². The maximum atomic E-state index is 12.6. The summed E-state index contributed by atoms with van der Waals surface area (Å²) in [5.74, 6) is 0. The van der Waals surface area contributed by atoms with Crippen LogP contribution in [0.2, 0.25) is 0 Å². The highest BCUT2D eigenvalue weighted by Gasteiger charge is 2.33. The molecule has 0 radical (unpaired) electrons. The van der Waals surface area contributed by atoms with Gasteiger partial charge in [0.25, 0.3) is 0 Å². The molecule has 0 saturated heterocycles. The van der Waals surface area contributed by atoms with Gasteiger partial charge in [-0.1, -0.05) is 6.07 Å². The van der Waals surface area contributed by atoms with Crippen molar-refractivity contribution in [1.82, 2.24) is 0 Å². The van der Waals surface area contributed by atoms with Crippen LogP contribution >= 0.6 is 0 Å². The zero-order valence-electron chi connectivity index (χ0n) is 10.5. The highest BCUT2D eigenvalue weighted by Crippen LogP contribution is 2.35. The van der Waals surface area contributed by atoms with Crippen LogP contribution in [-0.2, 0) is 11.8 Å². The molecule has 0 aliphatic carbocycles. The minimum absolute atomic E-state index is 0.376. The van der Waals surface area contributed by atoms with Crippen molar-refractivity contribution >= 4 is 0 Å². The van der Waals surface area contributed by atoms with Crippen LogP contribution in [0.1, 0.15) is 29.2 Å². The summed E-state index contributed by atoms with van der Waals surface area (Å²) in [5, 5.41) is 10.5. The molecule has 0 bridgehead atoms. The van der Waals surface area contributed by atoms with E-state index in [9.17, 15) is 18.3 Å². The summed E-state index contributed by atoms with van der Waals surface area (Å²) in [6.07, 6.45) is -1.61. The standard InChI is InChI=1S/C14H13F3O2/c1-9-7-10(14(15,16)17)3-4-12(9)13(2,18)11-5-6-19-8-11/h3-8,18H,1-2H3. The molecule has 0 amide bonds. The molecular formula is C14H13F3O2. The number of aliphatic hydroxyl groups is 1. The van der Waals surface area contributed by atoms with Crippen molar-refractivity contribution < 1.29 is 22.7 Å². The number of rotatable bonds is 2. The minimum atomic E-state index is -4.38. The van der Waals surface area contributed by atoms with E-state index in [1.807, 2.05) is 0 Å². The zero-order valence-corrected chi connectivity index (χ0v) is 10.5. The fraction of sp³-hybridized carbons (Fsp3) is 0.286. The summed E-state index contributed by atoms with van der Waals surface area (Å²) in [5.41, 5.74) is -0.823. The summed E-state index contributed by atoms with van der Waals surface area (Å²) in [4.78, 5) is 0. The molecule has 1 atom stereocenters. The summed E-state index contributed by atoms with van der Waals surface area (Å²) >= 11 is 0. The third kappa shape index (κ3) is 2.51. The minimum Gasteiger partial charge on any atom is -0.472 e. The van der Waals surface area contributed by atoms with Crippen LogP contribution in [0.25, 0.3) is 0 Å². The lowest BCUT2D eigenvalue weighted by Gasteiger charge is -2.25. The van der Waals surface area contributed by atoms with Gasteiger partial charge in [0.15, 0.2) is 0 Å². The third-order valence-electron chi connectivity index (χ3n) is 3.16. The van der Waals surface area contributed by atoms with Crippen LogP contribution in [0.4, 0.5) is 13.2 Å². The Labute approximate surface area is 108 Å². The van der Waals surface area contributed by atoms with Crippen molar-refractivity contribution in [3.63, 3.8) is 0 Å². The van der Waals surface area contributed by atoms with Gasteiger partial charge in [0.1, 0.15) is 5.60 Å². The molecule has 0 spiro atoms. The topological polar surface area (TPSA) is 33.4 Å². The van der Waals surface area contributed by atoms with Gasteiger partial charge in [0.05, 0.1) is 18.1 Å². The smallest absolute Gasteiger partial charge is 0.416 e. The normalized spacial score (nSPS) is 15.3. The number of hydrogen-bond acceptors (Lipinski definition) is 2. The van der Waals surface area contributed by atoms with Gasteiger partial charge in [-0.2, -0.15) is 13.2 Å². The molecule has 19 heavy (non-hydrogen) atoms. The van der Waals surface area contributed by atoms with Crippen molar-refractivity contribution in [2.45, 2.75) is 25.6 Å². The first-order chi connectivity index (χ1) is 8.73. The van der Waals surface area contributed by atoms with E-state index >= 15 is 0 Å². The maximum Gasteiger partial charge on any atom is 0.416 e. The van der Waals surface area contributed by atoms with Crippen LogP contribution in [0.3, 0.4) is 0 Å². The number of furan rings is 1. The zero-order chi connectivity index (χ0) is 14.3. The molecule has 1 aromatic heterocycles. The molecule has 0 aliphatic heterocycles. The Morgan fingerprint density at radius 1 is 1.11 bits per heavy atom. The van der Waals surface area contributed by atoms with Crippen molar-refractivity contribution in [3.05, 3.63) is 59.0 Å². The average Bonchev–Trinajstić information content (AvgIpc) is 2.81. The molecule has 0 fully saturated rings. The molecule has 1 unspecified atom stereocenters. The Morgan fingerprint density at radius 3 is 2.26 bits per heavy atom. The van der Waals surface area contributed by atoms with Gasteiger partial charge < -0.3 is 9.52 Å². The lowest BCUT2D eigenvalue weighted by atomic mass is 9.86. The number of halogens is 3. The van der Waals surface area contributed by atoms with E-state index < -0.39 is 17.3 Å². The quantitative estimate of drug-likeness (QED) is 0.898. The summed E-state index contributed by atoms with van der Waals surface area (Å²) in [7, 11) is 0. The van der Waals surface area contributed by atoms with Crippen molar-refractivity contribution in [3.8, 4) is 0 Å². The molecule has 1 heterocycles. The van der Waals surface area contributed by atoms with E-state index in [2.05, 4.69) is 0 Å². The average molecular weight is 270 g/mol. The fourth-order valence-corrected chi connectivity index (χ4v) is 2.08. The largest absolute Gasteiger partial charge is 0.472 e. The van der Waals surface area contributed by atoms with Crippen molar-refractivity contribution in [2.24, 2.45) is 0 Å². The van der Waals surface area contributed by atoms with Crippen LogP contribution in [0.15, 0.2) is 41.2 Å². The second-order valence-electron chi connectivity index (χ2n) is 4.61. The summed E-state index contributed by atoms with van der Waals surface area (Å²) < 4.78 is 42.7. The molecule has 2 aromatic rings. The molecule has 0 saturated carbocycles. The van der Waals surface area contributed by atoms with Gasteiger partial charge in [-0.15, -0.1) is 0 Å². The molecular weight excluding hydrogens is 257 g/mol. The molecule has 2 rings (SSSR count). The Balaban J connectivity index is 2.47. The molecule has 2 nitrogen and oxygen atoms in total. The van der Waals surface area contributed by atoms with E-state index in [1.165, 1.54) is 25.5 Å². The van der Waals surface area contributed by atoms with Crippen molar-refractivity contribution in [2.75, 3.05) is 0 Å². The van der Waals surface area contributed by atoms with Gasteiger partial charge in [0, 0.05) is 5.56 Å². The highest BCUT2D eigenvalue weighted by molar-refractivity contribution is 5.41. The molecule has 0 aliphatic rings. The van der Waals surface area contributed by atoms with E-state index in [4.69, 9.17) is 4.42 Å². The van der Waals surface area contributed by atoms with Crippen molar-refractivity contribution in [1.29, 1.82) is 0 Å². The Kier molecular flexibility index (Phi) is 3.18. The lowest BCUT2D eigenvalue weighted by Crippen LogP contribution is -2.23. The lowest BCUT2D eigenvalue weighted by molar-refractivity contribution is -0.137.